The predicted octanol–water partition coefficient (Wildman–Crippen LogP) is 0.946. The molecule has 3 N–H and O–H groups in total. The maximum atomic E-state index is 2.86. The van der Waals surface area contributed by atoms with Crippen molar-refractivity contribution >= 4 is 0 Å². The molecule has 1 rings (SSSR count). The molecule has 0 saturated heterocycles. The van der Waals surface area contributed by atoms with Gasteiger partial charge in [0, 0.05) is 12.8 Å². The molecule has 0 aromatic heterocycles. The molecule has 5 heavy (non-hydrogen) atoms. The maximum Gasteiger partial charge on any atom is 0.0198 e. The first kappa shape index (κ1) is 4.52. The summed E-state index contributed by atoms with van der Waals surface area (Å²) >= 11 is 0. The van der Waals surface area contributed by atoms with E-state index in [-0.39, 0.29) is 6.15 Å². The lowest BCUT2D eigenvalue weighted by atomic mass is 10.2. The van der Waals surface area contributed by atoms with Gasteiger partial charge >= 0.3 is 0 Å². The van der Waals surface area contributed by atoms with Gasteiger partial charge in [-0.05, 0) is 0 Å². The first-order valence-electron chi connectivity index (χ1n) is 1.46. The van der Waals surface area contributed by atoms with Crippen molar-refractivity contribution < 1.29 is 0 Å². The van der Waals surface area contributed by atoms with E-state index in [9.17, 15) is 0 Å². The van der Waals surface area contributed by atoms with E-state index in [2.05, 4.69) is 11.8 Å². The summed E-state index contributed by atoms with van der Waals surface area (Å²) in [6, 6.07) is 0. The van der Waals surface area contributed by atoms with Gasteiger partial charge < -0.3 is 6.15 Å². The Morgan fingerprint density at radius 1 is 1.00 bits per heavy atom. The molecule has 0 bridgehead atoms. The summed E-state index contributed by atoms with van der Waals surface area (Å²) in [6.07, 6.45) is 2.28. The van der Waals surface area contributed by atoms with Crippen molar-refractivity contribution in [3.8, 4) is 11.8 Å². The molecule has 0 amide bonds. The fraction of sp³-hybridized carbons (Fsp3) is 0.500. The van der Waals surface area contributed by atoms with Crippen LogP contribution < -0.4 is 6.15 Å². The molecule has 0 spiro atoms. The Balaban J connectivity index is 0.000000160. The van der Waals surface area contributed by atoms with Crippen molar-refractivity contribution in [2.24, 2.45) is 0 Å². The average molecular weight is 69.1 g/mol. The lowest BCUT2D eigenvalue weighted by Gasteiger charge is -1.84. The Bertz CT molecular complexity index is 57.5. The normalized spacial score (nSPS) is 12.8. The standard InChI is InChI=1S/C4H4.H3N/c1-2-4-3-1;/h1-2H2;1H3. The Hall–Kier alpha value is -0.480. The van der Waals surface area contributed by atoms with Crippen molar-refractivity contribution in [1.82, 2.24) is 6.15 Å². The van der Waals surface area contributed by atoms with Crippen LogP contribution >= 0.6 is 0 Å². The molecular formula is C4H7N. The Labute approximate surface area is 32.0 Å². The van der Waals surface area contributed by atoms with E-state index in [1.54, 1.807) is 0 Å². The molecule has 1 aliphatic carbocycles. The van der Waals surface area contributed by atoms with Gasteiger partial charge in [-0.1, -0.05) is 0 Å². The molecule has 0 unspecified atom stereocenters. The largest absolute Gasteiger partial charge is 0.344 e. The Morgan fingerprint density at radius 3 is 1.20 bits per heavy atom. The van der Waals surface area contributed by atoms with E-state index < -0.39 is 0 Å². The fourth-order valence-electron chi connectivity index (χ4n) is 0.125. The van der Waals surface area contributed by atoms with Crippen LogP contribution in [0.3, 0.4) is 0 Å². The highest BCUT2D eigenvalue weighted by atomic mass is 14.0. The highest BCUT2D eigenvalue weighted by Gasteiger charge is 1.78. The van der Waals surface area contributed by atoms with Crippen LogP contribution in [0.25, 0.3) is 0 Å². The smallest absolute Gasteiger partial charge is 0.0198 e. The minimum Gasteiger partial charge on any atom is -0.344 e. The van der Waals surface area contributed by atoms with Crippen LogP contribution in [-0.4, -0.2) is 0 Å². The van der Waals surface area contributed by atoms with Crippen LogP contribution in [-0.2, 0) is 0 Å². The Morgan fingerprint density at radius 2 is 1.20 bits per heavy atom. The van der Waals surface area contributed by atoms with Gasteiger partial charge in [-0.15, -0.1) is 11.8 Å². The quantitative estimate of drug-likeness (QED) is 0.422. The van der Waals surface area contributed by atoms with Gasteiger partial charge in [0.05, 0.1) is 0 Å². The summed E-state index contributed by atoms with van der Waals surface area (Å²) in [5.41, 5.74) is 0. The van der Waals surface area contributed by atoms with Crippen molar-refractivity contribution in [2.75, 3.05) is 0 Å². The fourth-order valence-corrected chi connectivity index (χ4v) is 0.125. The highest BCUT2D eigenvalue weighted by Crippen LogP contribution is 1.90. The number of hydrogen-bond donors (Lipinski definition) is 1. The van der Waals surface area contributed by atoms with Crippen LogP contribution in [0.4, 0.5) is 0 Å². The van der Waals surface area contributed by atoms with E-state index in [4.69, 9.17) is 0 Å². The van der Waals surface area contributed by atoms with Gasteiger partial charge in [0.25, 0.3) is 0 Å². The number of hydrogen-bond acceptors (Lipinski definition) is 1. The van der Waals surface area contributed by atoms with Gasteiger partial charge in [-0.2, -0.15) is 0 Å². The van der Waals surface area contributed by atoms with Gasteiger partial charge in [0.1, 0.15) is 0 Å². The Kier molecular flexibility index (Phi) is 1.63. The summed E-state index contributed by atoms with van der Waals surface area (Å²) in [5.74, 6) is 5.72. The summed E-state index contributed by atoms with van der Waals surface area (Å²) in [7, 11) is 0. The first-order chi connectivity index (χ1) is 2.00. The molecule has 0 saturated carbocycles. The van der Waals surface area contributed by atoms with E-state index in [1.807, 2.05) is 0 Å². The lowest BCUT2D eigenvalue weighted by Crippen LogP contribution is -1.72. The third kappa shape index (κ3) is 0.656. The van der Waals surface area contributed by atoms with E-state index in [1.165, 1.54) is 0 Å². The molecule has 0 radical (unpaired) electrons. The minimum atomic E-state index is 0. The predicted molar refractivity (Wildman–Crippen MR) is 22.0 cm³/mol. The van der Waals surface area contributed by atoms with Crippen molar-refractivity contribution in [3.63, 3.8) is 0 Å². The van der Waals surface area contributed by atoms with Crippen LogP contribution in [0.1, 0.15) is 12.8 Å². The molecular weight excluding hydrogens is 62.1 g/mol. The molecule has 0 aromatic carbocycles. The van der Waals surface area contributed by atoms with E-state index in [0.717, 1.165) is 12.8 Å². The van der Waals surface area contributed by atoms with Crippen LogP contribution in [0.15, 0.2) is 0 Å². The van der Waals surface area contributed by atoms with Crippen molar-refractivity contribution in [3.05, 3.63) is 0 Å². The SMILES string of the molecule is C1#CCC1.N. The molecule has 1 heteroatoms. The summed E-state index contributed by atoms with van der Waals surface area (Å²) < 4.78 is 0. The van der Waals surface area contributed by atoms with Crippen LogP contribution in [0.5, 0.6) is 0 Å². The van der Waals surface area contributed by atoms with Gasteiger partial charge in [0.2, 0.25) is 0 Å². The third-order valence-electron chi connectivity index (χ3n) is 0.500. The zero-order valence-corrected chi connectivity index (χ0v) is 3.12. The monoisotopic (exact) mass is 69.1 g/mol. The summed E-state index contributed by atoms with van der Waals surface area (Å²) in [5, 5.41) is 0. The molecule has 1 nitrogen and oxygen atoms in total. The molecule has 28 valence electrons. The zero-order valence-electron chi connectivity index (χ0n) is 3.12. The first-order valence-corrected chi connectivity index (χ1v) is 1.46. The highest BCUT2D eigenvalue weighted by molar-refractivity contribution is 5.09. The van der Waals surface area contributed by atoms with Crippen molar-refractivity contribution in [1.29, 1.82) is 0 Å². The molecule has 1 aliphatic rings. The zero-order chi connectivity index (χ0) is 2.83. The lowest BCUT2D eigenvalue weighted by molar-refractivity contribution is 1.06. The summed E-state index contributed by atoms with van der Waals surface area (Å²) in [4.78, 5) is 0. The van der Waals surface area contributed by atoms with E-state index >= 15 is 0 Å². The summed E-state index contributed by atoms with van der Waals surface area (Å²) in [6.45, 7) is 0. The maximum absolute atomic E-state index is 2.86. The van der Waals surface area contributed by atoms with Gasteiger partial charge in [0.15, 0.2) is 0 Å². The minimum absolute atomic E-state index is 0. The van der Waals surface area contributed by atoms with Crippen LogP contribution in [0.2, 0.25) is 0 Å². The van der Waals surface area contributed by atoms with Gasteiger partial charge in [-0.3, -0.25) is 0 Å². The average Bonchev–Trinajstić information content (AvgIpc) is 0.722. The number of rotatable bonds is 0. The molecule has 0 aliphatic heterocycles. The van der Waals surface area contributed by atoms with Crippen molar-refractivity contribution in [2.45, 2.75) is 12.8 Å². The second-order valence-corrected chi connectivity index (χ2v) is 0.854. The second kappa shape index (κ2) is 1.80. The molecule has 0 aromatic rings. The molecule has 0 fully saturated rings. The van der Waals surface area contributed by atoms with E-state index in [0.29, 0.717) is 0 Å². The van der Waals surface area contributed by atoms with Crippen LogP contribution in [0, 0.1) is 11.8 Å². The molecule has 0 heterocycles. The third-order valence-corrected chi connectivity index (χ3v) is 0.500. The molecule has 0 atom stereocenters. The second-order valence-electron chi connectivity index (χ2n) is 0.854. The van der Waals surface area contributed by atoms with Gasteiger partial charge in [-0.25, -0.2) is 0 Å². The topological polar surface area (TPSA) is 35.0 Å².